The maximum Gasteiger partial charge on any atom is 0.232 e. The number of fused-ring (bicyclic) bond motifs is 3. The molecule has 0 bridgehead atoms. The van der Waals surface area contributed by atoms with Gasteiger partial charge in [0.2, 0.25) is 5.78 Å². The Labute approximate surface area is 182 Å². The van der Waals surface area contributed by atoms with Crippen LogP contribution in [0.25, 0.3) is 6.08 Å². The van der Waals surface area contributed by atoms with Gasteiger partial charge in [-0.05, 0) is 55.2 Å². The second-order valence-corrected chi connectivity index (χ2v) is 8.42. The van der Waals surface area contributed by atoms with Gasteiger partial charge in [0, 0.05) is 13.1 Å². The zero-order valence-electron chi connectivity index (χ0n) is 18.1. The summed E-state index contributed by atoms with van der Waals surface area (Å²) in [7, 11) is 0. The van der Waals surface area contributed by atoms with Gasteiger partial charge in [0.15, 0.2) is 5.76 Å². The number of carbonyl (C=O) groups excluding carboxylic acids is 1. The van der Waals surface area contributed by atoms with E-state index in [1.54, 1.807) is 0 Å². The zero-order valence-corrected chi connectivity index (χ0v) is 18.1. The van der Waals surface area contributed by atoms with Crippen molar-refractivity contribution in [1.29, 1.82) is 0 Å². The second-order valence-electron chi connectivity index (χ2n) is 8.42. The Morgan fingerprint density at radius 3 is 2.55 bits per heavy atom. The molecule has 31 heavy (non-hydrogen) atoms. The summed E-state index contributed by atoms with van der Waals surface area (Å²) in [5, 5.41) is 0. The molecule has 4 nitrogen and oxygen atoms in total. The van der Waals surface area contributed by atoms with Gasteiger partial charge in [-0.15, -0.1) is 0 Å². The summed E-state index contributed by atoms with van der Waals surface area (Å²) >= 11 is 0. The average Bonchev–Trinajstić information content (AvgIpc) is 3.09. The van der Waals surface area contributed by atoms with Crippen molar-refractivity contribution in [3.8, 4) is 11.5 Å². The molecule has 0 atom stereocenters. The molecule has 3 aromatic carbocycles. The Kier molecular flexibility index (Phi) is 4.87. The molecule has 0 fully saturated rings. The fourth-order valence-electron chi connectivity index (χ4n) is 4.22. The molecule has 4 heteroatoms. The van der Waals surface area contributed by atoms with E-state index in [2.05, 4.69) is 36.1 Å². The first kappa shape index (κ1) is 19.6. The third kappa shape index (κ3) is 3.64. The number of Topliss-reactive ketones (excluding diaryl/α,β-unsaturated/α-hetero) is 1. The molecule has 0 radical (unpaired) electrons. The van der Waals surface area contributed by atoms with E-state index in [4.69, 9.17) is 9.47 Å². The molecular formula is C27H25NO3. The smallest absolute Gasteiger partial charge is 0.232 e. The third-order valence-corrected chi connectivity index (χ3v) is 5.99. The lowest BCUT2D eigenvalue weighted by Gasteiger charge is -2.30. The van der Waals surface area contributed by atoms with Crippen LogP contribution in [0.3, 0.4) is 0 Å². The van der Waals surface area contributed by atoms with E-state index in [1.165, 1.54) is 11.1 Å². The molecule has 0 aromatic heterocycles. The van der Waals surface area contributed by atoms with E-state index < -0.39 is 0 Å². The highest BCUT2D eigenvalue weighted by Crippen LogP contribution is 2.44. The third-order valence-electron chi connectivity index (χ3n) is 5.99. The first-order valence-corrected chi connectivity index (χ1v) is 10.6. The lowest BCUT2D eigenvalue weighted by Crippen LogP contribution is -2.31. The fourth-order valence-corrected chi connectivity index (χ4v) is 4.22. The van der Waals surface area contributed by atoms with Gasteiger partial charge in [-0.2, -0.15) is 0 Å². The van der Waals surface area contributed by atoms with Crippen LogP contribution >= 0.6 is 0 Å². The molecule has 2 heterocycles. The highest BCUT2D eigenvalue weighted by Gasteiger charge is 2.35. The van der Waals surface area contributed by atoms with Gasteiger partial charge >= 0.3 is 0 Å². The SMILES string of the molecule is Cc1ccc(CN2COc3cc(C)c4c(c3C2)O/C(=C\c2ccccc2C)C4=O)cc1. The number of hydrogen-bond donors (Lipinski definition) is 0. The molecule has 0 spiro atoms. The van der Waals surface area contributed by atoms with E-state index in [0.717, 1.165) is 34.5 Å². The molecule has 2 aliphatic rings. The Morgan fingerprint density at radius 2 is 1.77 bits per heavy atom. The summed E-state index contributed by atoms with van der Waals surface area (Å²) in [4.78, 5) is 15.4. The minimum Gasteiger partial charge on any atom is -0.478 e. The van der Waals surface area contributed by atoms with Gasteiger partial charge in [-0.3, -0.25) is 9.69 Å². The van der Waals surface area contributed by atoms with Crippen LogP contribution in [-0.4, -0.2) is 17.4 Å². The Hall–Kier alpha value is -3.37. The number of nitrogens with zero attached hydrogens (tertiary/aromatic N) is 1. The fraction of sp³-hybridized carbons (Fsp3) is 0.222. The van der Waals surface area contributed by atoms with E-state index >= 15 is 0 Å². The molecular weight excluding hydrogens is 386 g/mol. The predicted molar refractivity (Wildman–Crippen MR) is 121 cm³/mol. The lowest BCUT2D eigenvalue weighted by molar-refractivity contribution is 0.0872. The normalized spacial score (nSPS) is 16.6. The number of rotatable bonds is 3. The molecule has 0 aliphatic carbocycles. The van der Waals surface area contributed by atoms with Gasteiger partial charge in [0.05, 0.1) is 11.1 Å². The monoisotopic (exact) mass is 411 g/mol. The van der Waals surface area contributed by atoms with Gasteiger partial charge < -0.3 is 9.47 Å². The van der Waals surface area contributed by atoms with Crippen molar-refractivity contribution in [1.82, 2.24) is 4.90 Å². The summed E-state index contributed by atoms with van der Waals surface area (Å²) < 4.78 is 12.2. The Bertz CT molecular complexity index is 1210. The van der Waals surface area contributed by atoms with Crippen LogP contribution in [0.1, 0.15) is 43.7 Å². The second kappa shape index (κ2) is 7.71. The summed E-state index contributed by atoms with van der Waals surface area (Å²) in [5.74, 6) is 1.76. The van der Waals surface area contributed by atoms with Crippen LogP contribution in [-0.2, 0) is 13.1 Å². The number of hydrogen-bond acceptors (Lipinski definition) is 4. The molecule has 0 unspecified atom stereocenters. The minimum atomic E-state index is -0.0609. The van der Waals surface area contributed by atoms with Crippen LogP contribution < -0.4 is 9.47 Å². The van der Waals surface area contributed by atoms with Gasteiger partial charge in [-0.1, -0.05) is 54.1 Å². The quantitative estimate of drug-likeness (QED) is 0.528. The molecule has 3 aromatic rings. The molecule has 0 saturated carbocycles. The van der Waals surface area contributed by atoms with Crippen molar-refractivity contribution in [3.05, 3.63) is 99.3 Å². The summed E-state index contributed by atoms with van der Waals surface area (Å²) in [6.45, 7) is 8.03. The van der Waals surface area contributed by atoms with Crippen LogP contribution in [0.4, 0.5) is 0 Å². The van der Waals surface area contributed by atoms with Crippen LogP contribution in [0.5, 0.6) is 11.5 Å². The first-order chi connectivity index (χ1) is 15.0. The summed E-state index contributed by atoms with van der Waals surface area (Å²) in [6, 6.07) is 18.5. The molecule has 5 rings (SSSR count). The van der Waals surface area contributed by atoms with Crippen LogP contribution in [0.15, 0.2) is 60.4 Å². The maximum atomic E-state index is 13.2. The number of carbonyl (C=O) groups is 1. The number of aryl methyl sites for hydroxylation is 3. The van der Waals surface area contributed by atoms with Crippen molar-refractivity contribution < 1.29 is 14.3 Å². The number of allylic oxidation sites excluding steroid dienone is 1. The van der Waals surface area contributed by atoms with Crippen LogP contribution in [0.2, 0.25) is 0 Å². The Balaban J connectivity index is 1.47. The minimum absolute atomic E-state index is 0.0609. The van der Waals surface area contributed by atoms with Crippen molar-refractivity contribution in [3.63, 3.8) is 0 Å². The molecule has 0 amide bonds. The van der Waals surface area contributed by atoms with Gasteiger partial charge in [-0.25, -0.2) is 0 Å². The maximum absolute atomic E-state index is 13.2. The van der Waals surface area contributed by atoms with E-state index in [1.807, 2.05) is 50.3 Å². The lowest BCUT2D eigenvalue weighted by atomic mass is 9.98. The van der Waals surface area contributed by atoms with Gasteiger partial charge in [0.25, 0.3) is 0 Å². The number of ketones is 1. The van der Waals surface area contributed by atoms with E-state index in [-0.39, 0.29) is 5.78 Å². The summed E-state index contributed by atoms with van der Waals surface area (Å²) in [5.41, 5.74) is 7.06. The number of ether oxygens (including phenoxy) is 2. The van der Waals surface area contributed by atoms with Crippen molar-refractivity contribution in [2.24, 2.45) is 0 Å². The highest BCUT2D eigenvalue weighted by molar-refractivity contribution is 6.16. The van der Waals surface area contributed by atoms with Gasteiger partial charge in [0.1, 0.15) is 18.2 Å². The summed E-state index contributed by atoms with van der Waals surface area (Å²) in [6.07, 6.45) is 1.84. The number of benzene rings is 3. The topological polar surface area (TPSA) is 38.8 Å². The zero-order chi connectivity index (χ0) is 21.5. The molecule has 0 saturated heterocycles. The molecule has 156 valence electrons. The van der Waals surface area contributed by atoms with E-state index in [9.17, 15) is 4.79 Å². The highest BCUT2D eigenvalue weighted by atomic mass is 16.5. The largest absolute Gasteiger partial charge is 0.478 e. The van der Waals surface area contributed by atoms with Crippen LogP contribution in [0, 0.1) is 20.8 Å². The first-order valence-electron chi connectivity index (χ1n) is 10.6. The van der Waals surface area contributed by atoms with Crippen molar-refractivity contribution in [2.75, 3.05) is 6.73 Å². The van der Waals surface area contributed by atoms with Crippen molar-refractivity contribution >= 4 is 11.9 Å². The standard InChI is InChI=1S/C27H25NO3/c1-17-8-10-20(11-9-17)14-28-15-22-23(30-16-28)12-19(3)25-26(29)24(31-27(22)25)13-21-7-5-4-6-18(21)2/h4-13H,14-16H2,1-3H3/b24-13-. The molecule has 0 N–H and O–H groups in total. The molecule has 2 aliphatic heterocycles. The Morgan fingerprint density at radius 1 is 1.00 bits per heavy atom. The predicted octanol–water partition coefficient (Wildman–Crippen LogP) is 5.58. The van der Waals surface area contributed by atoms with Crippen molar-refractivity contribution in [2.45, 2.75) is 33.9 Å². The average molecular weight is 412 g/mol. The van der Waals surface area contributed by atoms with E-state index in [0.29, 0.717) is 30.3 Å².